The molecule has 1 spiro atoms. The number of aliphatic hydroxyl groups is 1. The average molecular weight is 471 g/mol. The van der Waals surface area contributed by atoms with Crippen LogP contribution in [0.25, 0.3) is 0 Å². The highest BCUT2D eigenvalue weighted by atomic mass is 16.7. The van der Waals surface area contributed by atoms with Crippen molar-refractivity contribution in [1.82, 2.24) is 0 Å². The summed E-state index contributed by atoms with van der Waals surface area (Å²) in [7, 11) is 0. The zero-order valence-corrected chi connectivity index (χ0v) is 21.6. The van der Waals surface area contributed by atoms with Crippen molar-refractivity contribution in [2.75, 3.05) is 6.61 Å². The Morgan fingerprint density at radius 2 is 1.94 bits per heavy atom. The Balaban J connectivity index is 1.72. The van der Waals surface area contributed by atoms with Gasteiger partial charge in [-0.25, -0.2) is 4.79 Å². The van der Waals surface area contributed by atoms with E-state index in [-0.39, 0.29) is 35.6 Å². The van der Waals surface area contributed by atoms with Crippen molar-refractivity contribution in [1.29, 1.82) is 0 Å². The van der Waals surface area contributed by atoms with Gasteiger partial charge in [0, 0.05) is 11.5 Å². The van der Waals surface area contributed by atoms with Crippen molar-refractivity contribution >= 4 is 11.8 Å². The van der Waals surface area contributed by atoms with Gasteiger partial charge in [-0.1, -0.05) is 39.0 Å². The van der Waals surface area contributed by atoms with Crippen LogP contribution in [-0.4, -0.2) is 47.1 Å². The molecule has 0 aromatic carbocycles. The van der Waals surface area contributed by atoms with Gasteiger partial charge in [0.1, 0.15) is 6.10 Å². The summed E-state index contributed by atoms with van der Waals surface area (Å²) in [5.74, 6) is -1.30. The molecule has 3 fully saturated rings. The number of ketones is 1. The molecule has 1 N–H and O–H groups in total. The van der Waals surface area contributed by atoms with Crippen LogP contribution in [0, 0.1) is 34.5 Å². The third-order valence-corrected chi connectivity index (χ3v) is 9.65. The lowest BCUT2D eigenvalue weighted by atomic mass is 9.59. The van der Waals surface area contributed by atoms with E-state index in [1.165, 1.54) is 0 Å². The number of allylic oxidation sites excluding steroid dienone is 2. The predicted molar refractivity (Wildman–Crippen MR) is 126 cm³/mol. The van der Waals surface area contributed by atoms with E-state index in [1.807, 2.05) is 32.9 Å². The highest BCUT2D eigenvalue weighted by molar-refractivity contribution is 5.96. The summed E-state index contributed by atoms with van der Waals surface area (Å²) < 4.78 is 18.4. The molecule has 5 aliphatic rings. The monoisotopic (exact) mass is 470 g/mol. The maximum Gasteiger partial charge on any atom is 0.334 e. The number of rotatable bonds is 2. The molecule has 2 bridgehead atoms. The number of fused-ring (bicyclic) bond motifs is 5. The second-order valence-electron chi connectivity index (χ2n) is 12.2. The highest BCUT2D eigenvalue weighted by Gasteiger charge is 2.77. The van der Waals surface area contributed by atoms with Crippen LogP contribution in [0.4, 0.5) is 0 Å². The van der Waals surface area contributed by atoms with Crippen LogP contribution in [0.2, 0.25) is 0 Å². The first-order valence-corrected chi connectivity index (χ1v) is 12.5. The number of esters is 1. The molecule has 8 atom stereocenters. The van der Waals surface area contributed by atoms with Crippen molar-refractivity contribution in [2.45, 2.75) is 85.4 Å². The Kier molecular flexibility index (Phi) is 5.03. The van der Waals surface area contributed by atoms with E-state index < -0.39 is 35.0 Å². The lowest BCUT2D eigenvalue weighted by Gasteiger charge is -2.52. The second-order valence-corrected chi connectivity index (χ2v) is 12.2. The predicted octanol–water partition coefficient (Wildman–Crippen LogP) is 4.13. The van der Waals surface area contributed by atoms with Crippen LogP contribution >= 0.6 is 0 Å². The fourth-order valence-electron chi connectivity index (χ4n) is 7.62. The summed E-state index contributed by atoms with van der Waals surface area (Å²) in [6, 6.07) is 0. The van der Waals surface area contributed by atoms with E-state index in [4.69, 9.17) is 14.2 Å². The summed E-state index contributed by atoms with van der Waals surface area (Å²) in [6.07, 6.45) is 4.62. The minimum Gasteiger partial charge on any atom is -0.451 e. The number of hydrogen-bond donors (Lipinski definition) is 1. The average Bonchev–Trinajstić information content (AvgIpc) is 3.25. The van der Waals surface area contributed by atoms with Crippen LogP contribution in [-0.2, 0) is 23.8 Å². The molecule has 1 heterocycles. The van der Waals surface area contributed by atoms with Gasteiger partial charge < -0.3 is 19.3 Å². The molecule has 5 rings (SSSR count). The lowest BCUT2D eigenvalue weighted by molar-refractivity contribution is -0.303. The number of carbonyl (C=O) groups is 2. The number of ether oxygens (including phenoxy) is 3. The normalized spacial score (nSPS) is 46.1. The highest BCUT2D eigenvalue weighted by Crippen LogP contribution is 2.72. The fraction of sp³-hybridized carbons (Fsp3) is 0.714. The van der Waals surface area contributed by atoms with Crippen LogP contribution in [0.3, 0.4) is 0 Å². The van der Waals surface area contributed by atoms with Gasteiger partial charge in [0.2, 0.25) is 0 Å². The molecule has 1 saturated heterocycles. The molecule has 2 unspecified atom stereocenters. The number of carbonyl (C=O) groups excluding carboxylic acids is 2. The van der Waals surface area contributed by atoms with Gasteiger partial charge >= 0.3 is 5.97 Å². The molecule has 0 amide bonds. The molecule has 0 radical (unpaired) electrons. The second kappa shape index (κ2) is 7.14. The molecule has 6 nitrogen and oxygen atoms in total. The Hall–Kier alpha value is -1.76. The zero-order chi connectivity index (χ0) is 25.0. The van der Waals surface area contributed by atoms with Crippen molar-refractivity contribution < 1.29 is 28.9 Å². The van der Waals surface area contributed by atoms with E-state index >= 15 is 0 Å². The minimum absolute atomic E-state index is 0.0181. The standard InChI is InChI=1S/C28H38O6/c1-9-14(2)24(30)33-22-15(3)12-27-16(4)10-19-20(25(19,5)6)18(21(27)29)11-17-13-32-26(7,8)34-23(17)28(22,27)31/h9,11-12,16,18-20,22-23,31H,10,13H2,1-8H3/b14-9-/t16-,18?,19-,20+,22+,23-,27?,28-/m1/s1. The first kappa shape index (κ1) is 24.0. The first-order valence-electron chi connectivity index (χ1n) is 12.5. The molecular formula is C28H38O6. The van der Waals surface area contributed by atoms with E-state index in [2.05, 4.69) is 20.8 Å². The molecule has 6 heteroatoms. The SMILES string of the molecule is C/C=C(/C)C(=O)O[C@H]1C(C)=CC23C(=O)C(C=C4COC(C)(C)O[C@H]4[C@]12O)[C@H]1[C@@H](C[C@H]3C)C1(C)C. The number of hydrogen-bond acceptors (Lipinski definition) is 6. The molecule has 34 heavy (non-hydrogen) atoms. The smallest absolute Gasteiger partial charge is 0.334 e. The van der Waals surface area contributed by atoms with Crippen molar-refractivity contribution in [2.24, 2.45) is 34.5 Å². The van der Waals surface area contributed by atoms with Gasteiger partial charge in [-0.15, -0.1) is 0 Å². The van der Waals surface area contributed by atoms with Crippen molar-refractivity contribution in [3.05, 3.63) is 34.9 Å². The third-order valence-electron chi connectivity index (χ3n) is 9.65. The summed E-state index contributed by atoms with van der Waals surface area (Å²) in [5.41, 5.74) is -0.994. The Bertz CT molecular complexity index is 1050. The van der Waals surface area contributed by atoms with Gasteiger partial charge in [0.05, 0.1) is 12.0 Å². The van der Waals surface area contributed by atoms with E-state index in [1.54, 1.807) is 19.9 Å². The molecule has 1 aliphatic heterocycles. The summed E-state index contributed by atoms with van der Waals surface area (Å²) in [5, 5.41) is 12.9. The topological polar surface area (TPSA) is 82.1 Å². The van der Waals surface area contributed by atoms with Gasteiger partial charge in [-0.3, -0.25) is 4.79 Å². The van der Waals surface area contributed by atoms with Crippen molar-refractivity contribution in [3.63, 3.8) is 0 Å². The lowest BCUT2D eigenvalue weighted by Crippen LogP contribution is -2.68. The molecular weight excluding hydrogens is 432 g/mol. The molecule has 0 aromatic heterocycles. The van der Waals surface area contributed by atoms with Crippen LogP contribution in [0.15, 0.2) is 34.9 Å². The fourth-order valence-corrected chi connectivity index (χ4v) is 7.62. The maximum absolute atomic E-state index is 14.6. The van der Waals surface area contributed by atoms with Gasteiger partial charge in [0.15, 0.2) is 23.3 Å². The van der Waals surface area contributed by atoms with Crippen molar-refractivity contribution in [3.8, 4) is 0 Å². The summed E-state index contributed by atoms with van der Waals surface area (Å²) in [6.45, 7) is 15.8. The third kappa shape index (κ3) is 2.85. The van der Waals surface area contributed by atoms with E-state index in [9.17, 15) is 14.7 Å². The first-order chi connectivity index (χ1) is 15.7. The van der Waals surface area contributed by atoms with Gasteiger partial charge in [0.25, 0.3) is 0 Å². The molecule has 4 aliphatic carbocycles. The minimum atomic E-state index is -1.76. The maximum atomic E-state index is 14.6. The van der Waals surface area contributed by atoms with Crippen LogP contribution in [0.5, 0.6) is 0 Å². The van der Waals surface area contributed by atoms with Crippen LogP contribution in [0.1, 0.15) is 61.8 Å². The summed E-state index contributed by atoms with van der Waals surface area (Å²) >= 11 is 0. The Labute approximate surface area is 202 Å². The van der Waals surface area contributed by atoms with E-state index in [0.717, 1.165) is 12.0 Å². The quantitative estimate of drug-likeness (QED) is 0.371. The number of Topliss-reactive ketones (excluding diaryl/α,β-unsaturated/α-hetero) is 1. The largest absolute Gasteiger partial charge is 0.451 e. The molecule has 186 valence electrons. The van der Waals surface area contributed by atoms with Gasteiger partial charge in [-0.05, 0) is 75.4 Å². The Morgan fingerprint density at radius 3 is 2.59 bits per heavy atom. The molecule has 0 aromatic rings. The molecule has 2 saturated carbocycles. The van der Waals surface area contributed by atoms with Gasteiger partial charge in [-0.2, -0.15) is 0 Å². The summed E-state index contributed by atoms with van der Waals surface area (Å²) in [4.78, 5) is 27.5. The zero-order valence-electron chi connectivity index (χ0n) is 21.6. The Morgan fingerprint density at radius 1 is 1.26 bits per heavy atom. The van der Waals surface area contributed by atoms with E-state index in [0.29, 0.717) is 17.1 Å². The van der Waals surface area contributed by atoms with Crippen LogP contribution < -0.4 is 0 Å².